The lowest BCUT2D eigenvalue weighted by molar-refractivity contribution is -0.126. The lowest BCUT2D eigenvalue weighted by atomic mass is 9.85. The second kappa shape index (κ2) is 8.60. The lowest BCUT2D eigenvalue weighted by Crippen LogP contribution is -2.38. The average molecular weight is 331 g/mol. The van der Waals surface area contributed by atoms with Crippen LogP contribution in [0.2, 0.25) is 0 Å². The van der Waals surface area contributed by atoms with E-state index < -0.39 is 0 Å². The molecule has 0 radical (unpaired) electrons. The Labute approximate surface area is 144 Å². The van der Waals surface area contributed by atoms with Gasteiger partial charge in [-0.05, 0) is 30.4 Å². The van der Waals surface area contributed by atoms with E-state index in [0.29, 0.717) is 6.54 Å². The Hall–Kier alpha value is -1.43. The summed E-state index contributed by atoms with van der Waals surface area (Å²) in [6.07, 6.45) is 3.90. The summed E-state index contributed by atoms with van der Waals surface area (Å²) in [7, 11) is 0. The van der Waals surface area contributed by atoms with Crippen LogP contribution in [0.5, 0.6) is 0 Å². The standard InChI is InChI=1S/C19H29N3O2/c20-18-7-3-6-15(12-18)19(23)21-13-16-4-1-2-5-17(16)14-22-8-10-24-11-9-22/h1-2,4-5,15,18H,3,6-14,20H2,(H,21,23)/t15-,18-/m1/s1. The number of rotatable bonds is 5. The third-order valence-electron chi connectivity index (χ3n) is 5.15. The fraction of sp³-hybridized carbons (Fsp3) is 0.632. The summed E-state index contributed by atoms with van der Waals surface area (Å²) in [6, 6.07) is 8.57. The van der Waals surface area contributed by atoms with Gasteiger partial charge in [0.2, 0.25) is 5.91 Å². The lowest BCUT2D eigenvalue weighted by Gasteiger charge is -2.28. The summed E-state index contributed by atoms with van der Waals surface area (Å²) < 4.78 is 5.41. The van der Waals surface area contributed by atoms with Crippen LogP contribution in [0, 0.1) is 5.92 Å². The van der Waals surface area contributed by atoms with E-state index in [-0.39, 0.29) is 17.9 Å². The molecule has 3 N–H and O–H groups in total. The summed E-state index contributed by atoms with van der Waals surface area (Å²) in [5.74, 6) is 0.242. The Bertz CT molecular complexity index is 543. The van der Waals surface area contributed by atoms with Crippen LogP contribution in [-0.4, -0.2) is 43.2 Å². The van der Waals surface area contributed by atoms with Gasteiger partial charge in [0.05, 0.1) is 13.2 Å². The van der Waals surface area contributed by atoms with Crippen molar-refractivity contribution >= 4 is 5.91 Å². The molecule has 0 bridgehead atoms. The van der Waals surface area contributed by atoms with Gasteiger partial charge in [0.1, 0.15) is 0 Å². The van der Waals surface area contributed by atoms with Crippen LogP contribution in [0.3, 0.4) is 0 Å². The van der Waals surface area contributed by atoms with E-state index in [0.717, 1.165) is 58.5 Å². The van der Waals surface area contributed by atoms with Crippen LogP contribution in [0.4, 0.5) is 0 Å². The molecule has 1 aliphatic carbocycles. The fourth-order valence-corrected chi connectivity index (χ4v) is 3.68. The minimum Gasteiger partial charge on any atom is -0.379 e. The maximum Gasteiger partial charge on any atom is 0.223 e. The highest BCUT2D eigenvalue weighted by Gasteiger charge is 2.25. The van der Waals surface area contributed by atoms with Crippen LogP contribution in [0.1, 0.15) is 36.8 Å². The molecule has 1 aromatic carbocycles. The van der Waals surface area contributed by atoms with Crippen molar-refractivity contribution in [3.63, 3.8) is 0 Å². The summed E-state index contributed by atoms with van der Waals surface area (Å²) in [6.45, 7) is 5.08. The molecule has 0 unspecified atom stereocenters. The third kappa shape index (κ3) is 4.79. The second-order valence-corrected chi connectivity index (χ2v) is 7.00. The molecule has 1 aromatic rings. The van der Waals surface area contributed by atoms with Gasteiger partial charge in [0.25, 0.3) is 0 Å². The van der Waals surface area contributed by atoms with Crippen LogP contribution in [-0.2, 0) is 22.6 Å². The molecule has 5 heteroatoms. The fourth-order valence-electron chi connectivity index (χ4n) is 3.68. The Morgan fingerprint density at radius 3 is 2.71 bits per heavy atom. The minimum atomic E-state index is 0.0835. The zero-order valence-electron chi connectivity index (χ0n) is 14.4. The molecule has 24 heavy (non-hydrogen) atoms. The van der Waals surface area contributed by atoms with Crippen molar-refractivity contribution in [1.29, 1.82) is 0 Å². The average Bonchev–Trinajstić information content (AvgIpc) is 2.61. The van der Waals surface area contributed by atoms with Gasteiger partial charge in [-0.25, -0.2) is 0 Å². The molecule has 132 valence electrons. The first kappa shape index (κ1) is 17.4. The Kier molecular flexibility index (Phi) is 6.24. The van der Waals surface area contributed by atoms with Crippen molar-refractivity contribution in [2.75, 3.05) is 26.3 Å². The van der Waals surface area contributed by atoms with Crippen molar-refractivity contribution in [3.8, 4) is 0 Å². The van der Waals surface area contributed by atoms with E-state index in [9.17, 15) is 4.79 Å². The molecule has 1 amide bonds. The highest BCUT2D eigenvalue weighted by Crippen LogP contribution is 2.23. The van der Waals surface area contributed by atoms with E-state index >= 15 is 0 Å². The smallest absolute Gasteiger partial charge is 0.223 e. The third-order valence-corrected chi connectivity index (χ3v) is 5.15. The van der Waals surface area contributed by atoms with Gasteiger partial charge in [-0.1, -0.05) is 30.7 Å². The van der Waals surface area contributed by atoms with Crippen LogP contribution < -0.4 is 11.1 Å². The number of ether oxygens (including phenoxy) is 1. The number of hydrogen-bond donors (Lipinski definition) is 2. The number of carbonyl (C=O) groups excluding carboxylic acids is 1. The van der Waals surface area contributed by atoms with Crippen LogP contribution >= 0.6 is 0 Å². The predicted octanol–water partition coefficient (Wildman–Crippen LogP) is 1.65. The molecular formula is C19H29N3O2. The summed E-state index contributed by atoms with van der Waals surface area (Å²) >= 11 is 0. The van der Waals surface area contributed by atoms with Gasteiger partial charge in [0, 0.05) is 38.1 Å². The van der Waals surface area contributed by atoms with E-state index in [4.69, 9.17) is 10.5 Å². The van der Waals surface area contributed by atoms with Gasteiger partial charge in [0.15, 0.2) is 0 Å². The molecule has 5 nitrogen and oxygen atoms in total. The normalized spacial score (nSPS) is 25.4. The molecular weight excluding hydrogens is 302 g/mol. The Morgan fingerprint density at radius 2 is 1.96 bits per heavy atom. The first-order valence-corrected chi connectivity index (χ1v) is 9.12. The number of nitrogens with one attached hydrogen (secondary N) is 1. The van der Waals surface area contributed by atoms with E-state index in [2.05, 4.69) is 28.4 Å². The first-order chi connectivity index (χ1) is 11.7. The van der Waals surface area contributed by atoms with Gasteiger partial charge < -0.3 is 15.8 Å². The quantitative estimate of drug-likeness (QED) is 0.861. The van der Waals surface area contributed by atoms with E-state index in [1.807, 2.05) is 6.07 Å². The highest BCUT2D eigenvalue weighted by atomic mass is 16.5. The molecule has 2 aliphatic rings. The molecule has 1 aliphatic heterocycles. The number of hydrogen-bond acceptors (Lipinski definition) is 4. The monoisotopic (exact) mass is 331 g/mol. The van der Waals surface area contributed by atoms with Crippen molar-refractivity contribution in [2.24, 2.45) is 11.7 Å². The molecule has 2 fully saturated rings. The van der Waals surface area contributed by atoms with Gasteiger partial charge in [-0.2, -0.15) is 0 Å². The first-order valence-electron chi connectivity index (χ1n) is 9.12. The minimum absolute atomic E-state index is 0.0835. The largest absolute Gasteiger partial charge is 0.379 e. The van der Waals surface area contributed by atoms with Crippen molar-refractivity contribution in [1.82, 2.24) is 10.2 Å². The van der Waals surface area contributed by atoms with Gasteiger partial charge in [-0.3, -0.25) is 9.69 Å². The maximum atomic E-state index is 12.4. The zero-order valence-corrected chi connectivity index (χ0v) is 14.4. The van der Waals surface area contributed by atoms with Gasteiger partial charge in [-0.15, -0.1) is 0 Å². The number of nitrogens with zero attached hydrogens (tertiary/aromatic N) is 1. The summed E-state index contributed by atoms with van der Waals surface area (Å²) in [5.41, 5.74) is 8.50. The number of morpholine rings is 1. The molecule has 1 heterocycles. The zero-order chi connectivity index (χ0) is 16.8. The molecule has 2 atom stereocenters. The molecule has 3 rings (SSSR count). The number of benzene rings is 1. The summed E-state index contributed by atoms with van der Waals surface area (Å²) in [5, 5.41) is 3.13. The molecule has 1 saturated heterocycles. The second-order valence-electron chi connectivity index (χ2n) is 7.00. The van der Waals surface area contributed by atoms with Gasteiger partial charge >= 0.3 is 0 Å². The Morgan fingerprint density at radius 1 is 1.21 bits per heavy atom. The number of nitrogens with two attached hydrogens (primary N) is 1. The number of amides is 1. The topological polar surface area (TPSA) is 67.6 Å². The van der Waals surface area contributed by atoms with E-state index in [1.165, 1.54) is 11.1 Å². The van der Waals surface area contributed by atoms with E-state index in [1.54, 1.807) is 0 Å². The van der Waals surface area contributed by atoms with Crippen molar-refractivity contribution in [2.45, 2.75) is 44.8 Å². The van der Waals surface area contributed by atoms with Crippen LogP contribution in [0.25, 0.3) is 0 Å². The maximum absolute atomic E-state index is 12.4. The summed E-state index contributed by atoms with van der Waals surface area (Å²) in [4.78, 5) is 14.8. The predicted molar refractivity (Wildman–Crippen MR) is 94.3 cm³/mol. The molecule has 0 aromatic heterocycles. The molecule has 0 spiro atoms. The van der Waals surface area contributed by atoms with Crippen molar-refractivity contribution in [3.05, 3.63) is 35.4 Å². The Balaban J connectivity index is 1.55. The van der Waals surface area contributed by atoms with Crippen LogP contribution in [0.15, 0.2) is 24.3 Å². The highest BCUT2D eigenvalue weighted by molar-refractivity contribution is 5.78. The SMILES string of the molecule is N[C@@H]1CCC[C@@H](C(=O)NCc2ccccc2CN2CCOCC2)C1. The molecule has 1 saturated carbocycles. The number of carbonyl (C=O) groups is 1. The van der Waals surface area contributed by atoms with Crippen molar-refractivity contribution < 1.29 is 9.53 Å².